The molecule has 0 unspecified atom stereocenters. The van der Waals surface area contributed by atoms with Gasteiger partial charge in [-0.1, -0.05) is 6.92 Å². The van der Waals surface area contributed by atoms with Crippen molar-refractivity contribution < 1.29 is 151 Å². The molecule has 1 aromatic rings. The summed E-state index contributed by atoms with van der Waals surface area (Å²) < 4.78 is 117. The lowest BCUT2D eigenvalue weighted by atomic mass is 10.1. The van der Waals surface area contributed by atoms with Gasteiger partial charge in [0.05, 0.1) is 5.25 Å². The first-order valence-corrected chi connectivity index (χ1v) is 30.8. The molecule has 0 radical (unpaired) electrons. The highest BCUT2D eigenvalue weighted by molar-refractivity contribution is 7.95. The first-order valence-electron chi connectivity index (χ1n) is 27.0. The van der Waals surface area contributed by atoms with E-state index in [9.17, 15) is 89.1 Å². The van der Waals surface area contributed by atoms with Crippen LogP contribution in [-0.4, -0.2) is 203 Å². The van der Waals surface area contributed by atoms with Crippen LogP contribution in [0.25, 0.3) is 0 Å². The molecule has 16 atom stereocenters. The molecule has 0 fully saturated rings. The van der Waals surface area contributed by atoms with Crippen molar-refractivity contribution in [3.63, 3.8) is 0 Å². The lowest BCUT2D eigenvalue weighted by molar-refractivity contribution is -0.190. The van der Waals surface area contributed by atoms with E-state index >= 15 is 0 Å². The molecule has 37 heteroatoms. The van der Waals surface area contributed by atoms with Gasteiger partial charge in [0.15, 0.2) is 89.2 Å². The second kappa shape index (κ2) is 33.6. The first-order chi connectivity index (χ1) is 41.0. The third-order valence-corrected chi connectivity index (χ3v) is 17.6. The fraction of sp³-hybridized carbons (Fsp3) is 0.654. The van der Waals surface area contributed by atoms with Crippen LogP contribution in [-0.2, 0) is 149 Å². The van der Waals surface area contributed by atoms with Gasteiger partial charge in [0, 0.05) is 11.6 Å². The Bertz CT molecular complexity index is 3070. The number of hydrogen-bond donors (Lipinski definition) is 3. The van der Waals surface area contributed by atoms with E-state index in [0.29, 0.717) is 17.9 Å². The van der Waals surface area contributed by atoms with E-state index in [1.54, 1.807) is 11.6 Å². The number of ether oxygens (including phenoxy) is 13. The zero-order chi connectivity index (χ0) is 68.5. The van der Waals surface area contributed by atoms with Crippen molar-refractivity contribution in [2.45, 2.75) is 222 Å². The SMILES string of the molecule is CCN[C@H]1C[C@H](C)S(=O)(=O)c2sc(S(=O)(=O)NC(=O)[C@H](C)OC(=O)[C@H](C)OC(=O)[C@H](C)OC(=O)[C@H](C)OC(=O)[C@H](C)OC(=O)[C@H](C)OC(=O)[C@H](C)OC(=O)[C@H](C)OC(=O)[C@H](C)OC(=O)[C@H](C)OC(=O)[C@H](C)OC(=O)[C@H](C)OC(=O)[C@H](C)OC(=O)[C@H](C)O)cc21. The van der Waals surface area contributed by atoms with Crippen LogP contribution >= 0.6 is 11.3 Å². The monoisotopic (exact) mass is 1330 g/mol. The number of aliphatic hydroxyl groups excluding tert-OH is 1. The summed E-state index contributed by atoms with van der Waals surface area (Å²) in [6.07, 6.45) is -24.0. The molecule has 500 valence electrons. The minimum Gasteiger partial charge on any atom is -0.450 e. The molecule has 2 rings (SSSR count). The van der Waals surface area contributed by atoms with Gasteiger partial charge in [-0.05, 0) is 123 Å². The van der Waals surface area contributed by atoms with Crippen LogP contribution < -0.4 is 10.0 Å². The molecule has 1 aliphatic rings. The number of carbonyl (C=O) groups excluding carboxylic acids is 14. The third-order valence-electron chi connectivity index (χ3n) is 11.9. The van der Waals surface area contributed by atoms with Gasteiger partial charge in [0.2, 0.25) is 0 Å². The van der Waals surface area contributed by atoms with Crippen molar-refractivity contribution in [2.24, 2.45) is 0 Å². The lowest BCUT2D eigenvalue weighted by Gasteiger charge is -2.27. The molecule has 0 aliphatic carbocycles. The molecule has 0 saturated carbocycles. The maximum atomic E-state index is 13.2. The number of thiophene rings is 1. The van der Waals surface area contributed by atoms with Crippen LogP contribution in [0.4, 0.5) is 0 Å². The molecule has 3 N–H and O–H groups in total. The van der Waals surface area contributed by atoms with E-state index in [1.807, 2.05) is 0 Å². The number of sulfonamides is 1. The molecule has 0 saturated heterocycles. The van der Waals surface area contributed by atoms with Crippen molar-refractivity contribution in [2.75, 3.05) is 6.54 Å². The molecular formula is C52H72N2O32S3. The number of carbonyl (C=O) groups is 14. The number of nitrogens with one attached hydrogen (secondary N) is 2. The van der Waals surface area contributed by atoms with E-state index in [4.69, 9.17) is 56.8 Å². The molecule has 1 aliphatic heterocycles. The molecule has 1 aromatic heterocycles. The highest BCUT2D eigenvalue weighted by atomic mass is 32.3. The summed E-state index contributed by atoms with van der Waals surface area (Å²) >= 11 is 0.451. The third kappa shape index (κ3) is 22.9. The maximum Gasteiger partial charge on any atom is 0.347 e. The van der Waals surface area contributed by atoms with Gasteiger partial charge in [-0.25, -0.2) is 83.9 Å². The van der Waals surface area contributed by atoms with E-state index in [2.05, 4.69) is 10.1 Å². The number of hydrogen-bond acceptors (Lipinski definition) is 34. The fourth-order valence-electron chi connectivity index (χ4n) is 6.58. The predicted molar refractivity (Wildman–Crippen MR) is 291 cm³/mol. The molecule has 2 heterocycles. The summed E-state index contributed by atoms with van der Waals surface area (Å²) in [4.78, 5) is 176. The number of amides is 1. The Hall–Kier alpha value is -7.90. The van der Waals surface area contributed by atoms with Gasteiger partial charge in [0.1, 0.15) is 14.5 Å². The average Bonchev–Trinajstić information content (AvgIpc) is 1.83. The number of sulfone groups is 1. The zero-order valence-corrected chi connectivity index (χ0v) is 53.5. The Labute approximate surface area is 514 Å². The predicted octanol–water partition coefficient (Wildman–Crippen LogP) is -0.738. The Kier molecular flexibility index (Phi) is 29.2. The Morgan fingerprint density at radius 1 is 0.449 bits per heavy atom. The van der Waals surface area contributed by atoms with Crippen molar-refractivity contribution >= 4 is 115 Å². The van der Waals surface area contributed by atoms with Gasteiger partial charge < -0.3 is 72.0 Å². The normalized spacial score (nSPS) is 18.9. The standard InChI is InChI=1S/C52H72N2O32S3/c1-17-53-36-18-20(2)88(70,71)52-35(36)19-37(87-52)89(72,73)54-38(56)22(4)74-40(58)24(6)76-42(60)26(8)78-44(62)28(10)80-46(64)30(12)82-48(66)32(14)84-50(68)34(16)86-51(69)33(15)85-49(67)31(13)83-47(65)29(11)81-45(63)27(9)79-43(61)25(7)77-41(59)23(5)75-39(57)21(3)55/h19-34,36,53,55H,17-18H2,1-16H3,(H,54,56)/t20-,21-,22-,23-,24-,25-,26-,27-,28-,29-,30-,31-,32-,33-,34-,36-/m0/s1. The zero-order valence-electron chi connectivity index (χ0n) is 51.1. The summed E-state index contributed by atoms with van der Waals surface area (Å²) in [5.41, 5.74) is 0.226. The molecule has 34 nitrogen and oxygen atoms in total. The summed E-state index contributed by atoms with van der Waals surface area (Å²) in [6.45, 7) is 18.0. The summed E-state index contributed by atoms with van der Waals surface area (Å²) in [5, 5.41) is 11.5. The largest absolute Gasteiger partial charge is 0.450 e. The quantitative estimate of drug-likeness (QED) is 0.0609. The van der Waals surface area contributed by atoms with Gasteiger partial charge in [-0.2, -0.15) is 0 Å². The number of esters is 13. The second-order valence-electron chi connectivity index (χ2n) is 19.7. The van der Waals surface area contributed by atoms with E-state index in [0.717, 1.165) is 103 Å². The topological polar surface area (TPSA) is 472 Å². The molecular weight excluding hydrogens is 1260 g/mol. The Morgan fingerprint density at radius 3 is 0.899 bits per heavy atom. The van der Waals surface area contributed by atoms with Crippen molar-refractivity contribution in [1.82, 2.24) is 10.0 Å². The smallest absolute Gasteiger partial charge is 0.347 e. The number of aliphatic hydroxyl groups is 1. The Balaban J connectivity index is 1.80. The lowest BCUT2D eigenvalue weighted by Crippen LogP contribution is -2.42. The number of fused-ring (bicyclic) bond motifs is 1. The summed E-state index contributed by atoms with van der Waals surface area (Å²) in [5.74, 6) is -18.3. The van der Waals surface area contributed by atoms with Crippen LogP contribution in [0.2, 0.25) is 0 Å². The minimum atomic E-state index is -4.68. The van der Waals surface area contributed by atoms with Gasteiger partial charge in [0.25, 0.3) is 15.9 Å². The fourth-order valence-corrected chi connectivity index (χ4v) is 11.6. The summed E-state index contributed by atoms with van der Waals surface area (Å²) in [7, 11) is -8.55. The second-order valence-corrected chi connectivity index (χ2v) is 25.2. The molecule has 0 spiro atoms. The van der Waals surface area contributed by atoms with Crippen LogP contribution in [0.3, 0.4) is 0 Å². The van der Waals surface area contributed by atoms with Crippen LogP contribution in [0.5, 0.6) is 0 Å². The molecule has 89 heavy (non-hydrogen) atoms. The maximum absolute atomic E-state index is 13.2. The first kappa shape index (κ1) is 77.2. The van der Waals surface area contributed by atoms with Crippen molar-refractivity contribution in [3.05, 3.63) is 11.6 Å². The van der Waals surface area contributed by atoms with Crippen LogP contribution in [0.1, 0.15) is 129 Å². The minimum absolute atomic E-state index is 0.170. The number of rotatable bonds is 31. The van der Waals surface area contributed by atoms with Crippen molar-refractivity contribution in [1.29, 1.82) is 0 Å². The van der Waals surface area contributed by atoms with Gasteiger partial charge >= 0.3 is 77.6 Å². The highest BCUT2D eigenvalue weighted by Crippen LogP contribution is 2.42. The average molecular weight is 1330 g/mol. The molecule has 0 bridgehead atoms. The van der Waals surface area contributed by atoms with Gasteiger partial charge in [-0.3, -0.25) is 4.79 Å². The molecule has 1 amide bonds. The van der Waals surface area contributed by atoms with E-state index in [-0.39, 0.29) is 16.2 Å². The summed E-state index contributed by atoms with van der Waals surface area (Å²) in [6, 6.07) is 0.667. The molecule has 0 aromatic carbocycles. The van der Waals surface area contributed by atoms with Gasteiger partial charge in [-0.15, -0.1) is 11.3 Å². The van der Waals surface area contributed by atoms with Crippen molar-refractivity contribution in [3.8, 4) is 0 Å². The highest BCUT2D eigenvalue weighted by Gasteiger charge is 2.41. The van der Waals surface area contributed by atoms with Crippen LogP contribution in [0.15, 0.2) is 14.5 Å². The van der Waals surface area contributed by atoms with Crippen LogP contribution in [0, 0.1) is 0 Å². The van der Waals surface area contributed by atoms with E-state index in [1.165, 1.54) is 6.92 Å². The van der Waals surface area contributed by atoms with E-state index < -0.39 is 204 Å². The Morgan fingerprint density at radius 2 is 0.674 bits per heavy atom.